The minimum atomic E-state index is -0.717. The Labute approximate surface area is 166 Å². The van der Waals surface area contributed by atoms with Crippen LogP contribution in [0.2, 0.25) is 0 Å². The summed E-state index contributed by atoms with van der Waals surface area (Å²) in [5.74, 6) is -1.43. The molecule has 1 saturated heterocycles. The highest BCUT2D eigenvalue weighted by Crippen LogP contribution is 2.36. The first-order valence-corrected chi connectivity index (χ1v) is 9.30. The number of hydrogen-bond acceptors (Lipinski definition) is 6. The van der Waals surface area contributed by atoms with Crippen molar-refractivity contribution in [3.8, 4) is 0 Å². The zero-order chi connectivity index (χ0) is 20.7. The molecule has 152 valence electrons. The van der Waals surface area contributed by atoms with Gasteiger partial charge in [0.15, 0.2) is 5.57 Å². The van der Waals surface area contributed by atoms with E-state index in [9.17, 15) is 9.59 Å². The van der Waals surface area contributed by atoms with Gasteiger partial charge in [-0.25, -0.2) is 9.59 Å². The average molecular weight is 387 g/mol. The highest BCUT2D eigenvalue weighted by molar-refractivity contribution is 6.15. The first-order chi connectivity index (χ1) is 13.3. The number of carbonyl (C=O) groups excluding carboxylic acids is 2. The van der Waals surface area contributed by atoms with Crippen molar-refractivity contribution in [2.45, 2.75) is 20.8 Å². The quantitative estimate of drug-likeness (QED) is 0.254. The average Bonchev–Trinajstić information content (AvgIpc) is 2.70. The van der Waals surface area contributed by atoms with Crippen molar-refractivity contribution in [1.82, 2.24) is 4.90 Å². The molecule has 6 heteroatoms. The van der Waals surface area contributed by atoms with E-state index in [1.807, 2.05) is 41.3 Å². The van der Waals surface area contributed by atoms with Gasteiger partial charge in [0.25, 0.3) is 0 Å². The number of nitrogens with zero attached hydrogens (tertiary/aromatic N) is 1. The third-order valence-electron chi connectivity index (χ3n) is 4.56. The Hall–Kier alpha value is -2.60. The maximum atomic E-state index is 12.5. The Morgan fingerprint density at radius 3 is 2.00 bits per heavy atom. The van der Waals surface area contributed by atoms with Crippen molar-refractivity contribution >= 4 is 17.5 Å². The third kappa shape index (κ3) is 5.23. The molecule has 1 aromatic rings. The van der Waals surface area contributed by atoms with Gasteiger partial charge in [-0.05, 0) is 22.6 Å². The molecule has 1 aromatic carbocycles. The normalized spacial score (nSPS) is 15.0. The third-order valence-corrected chi connectivity index (χ3v) is 4.56. The molecule has 0 radical (unpaired) electrons. The summed E-state index contributed by atoms with van der Waals surface area (Å²) in [6.07, 6.45) is 1.91. The minimum absolute atomic E-state index is 0.107. The van der Waals surface area contributed by atoms with Crippen LogP contribution in [0.1, 0.15) is 26.3 Å². The van der Waals surface area contributed by atoms with E-state index in [2.05, 4.69) is 20.8 Å². The van der Waals surface area contributed by atoms with Crippen LogP contribution in [-0.2, 0) is 23.8 Å². The van der Waals surface area contributed by atoms with Crippen LogP contribution in [0.5, 0.6) is 0 Å². The number of benzene rings is 1. The molecule has 0 saturated carbocycles. The van der Waals surface area contributed by atoms with E-state index >= 15 is 0 Å². The Bertz CT molecular complexity index is 735. The van der Waals surface area contributed by atoms with Gasteiger partial charge in [0.2, 0.25) is 0 Å². The van der Waals surface area contributed by atoms with Crippen molar-refractivity contribution in [3.05, 3.63) is 53.2 Å². The topological polar surface area (TPSA) is 65.1 Å². The predicted octanol–water partition coefficient (Wildman–Crippen LogP) is 3.05. The summed E-state index contributed by atoms with van der Waals surface area (Å²) in [6.45, 7) is 8.45. The molecule has 1 aliphatic rings. The molecule has 1 fully saturated rings. The molecule has 0 unspecified atom stereocenters. The second-order valence-corrected chi connectivity index (χ2v) is 7.52. The molecule has 0 N–H and O–H groups in total. The summed E-state index contributed by atoms with van der Waals surface area (Å²) in [6, 6.07) is 9.92. The molecule has 0 atom stereocenters. The minimum Gasteiger partial charge on any atom is -0.465 e. The molecular formula is C22H29NO5. The molecule has 0 aliphatic carbocycles. The lowest BCUT2D eigenvalue weighted by molar-refractivity contribution is -0.144. The van der Waals surface area contributed by atoms with E-state index in [-0.39, 0.29) is 11.0 Å². The number of morpholine rings is 1. The second-order valence-electron chi connectivity index (χ2n) is 7.52. The van der Waals surface area contributed by atoms with Crippen LogP contribution in [0.15, 0.2) is 47.7 Å². The molecule has 0 spiro atoms. The molecule has 0 amide bonds. The molecule has 28 heavy (non-hydrogen) atoms. The van der Waals surface area contributed by atoms with E-state index in [0.29, 0.717) is 32.0 Å². The van der Waals surface area contributed by atoms with Crippen LogP contribution in [-0.4, -0.2) is 57.4 Å². The zero-order valence-corrected chi connectivity index (χ0v) is 17.3. The lowest BCUT2D eigenvalue weighted by Crippen LogP contribution is -2.37. The van der Waals surface area contributed by atoms with Gasteiger partial charge in [-0.2, -0.15) is 0 Å². The smallest absolute Gasteiger partial charge is 0.347 e. The van der Waals surface area contributed by atoms with Gasteiger partial charge in [-0.3, -0.25) is 0 Å². The van der Waals surface area contributed by atoms with Gasteiger partial charge in [-0.1, -0.05) is 51.1 Å². The van der Waals surface area contributed by atoms with Gasteiger partial charge in [0, 0.05) is 13.1 Å². The number of ether oxygens (including phenoxy) is 3. The zero-order valence-electron chi connectivity index (χ0n) is 17.3. The molecule has 2 rings (SSSR count). The van der Waals surface area contributed by atoms with Crippen molar-refractivity contribution in [1.29, 1.82) is 0 Å². The van der Waals surface area contributed by atoms with Gasteiger partial charge in [0.1, 0.15) is 0 Å². The van der Waals surface area contributed by atoms with Crippen molar-refractivity contribution in [3.63, 3.8) is 0 Å². The van der Waals surface area contributed by atoms with E-state index in [4.69, 9.17) is 14.2 Å². The van der Waals surface area contributed by atoms with E-state index in [0.717, 1.165) is 11.1 Å². The van der Waals surface area contributed by atoms with Gasteiger partial charge in [0.05, 0.1) is 33.1 Å². The molecule has 1 heterocycles. The van der Waals surface area contributed by atoms with Crippen LogP contribution >= 0.6 is 0 Å². The maximum Gasteiger partial charge on any atom is 0.347 e. The first-order valence-electron chi connectivity index (χ1n) is 9.30. The SMILES string of the molecule is COC(=O)C(C(=O)OC)=C(/C=C(/c1ccccc1)C(C)(C)C)N1CCOCC1. The van der Waals surface area contributed by atoms with Crippen LogP contribution in [0.4, 0.5) is 0 Å². The van der Waals surface area contributed by atoms with Crippen molar-refractivity contribution < 1.29 is 23.8 Å². The second kappa shape index (κ2) is 9.55. The highest BCUT2D eigenvalue weighted by Gasteiger charge is 2.30. The van der Waals surface area contributed by atoms with Crippen molar-refractivity contribution in [2.24, 2.45) is 5.41 Å². The molecule has 6 nitrogen and oxygen atoms in total. The lowest BCUT2D eigenvalue weighted by atomic mass is 9.81. The van der Waals surface area contributed by atoms with Crippen LogP contribution in [0.25, 0.3) is 5.57 Å². The highest BCUT2D eigenvalue weighted by atomic mass is 16.5. The fourth-order valence-corrected chi connectivity index (χ4v) is 3.11. The largest absolute Gasteiger partial charge is 0.465 e. The summed E-state index contributed by atoms with van der Waals surface area (Å²) in [4.78, 5) is 27.0. The first kappa shape index (κ1) is 21.7. The van der Waals surface area contributed by atoms with E-state index in [1.54, 1.807) is 0 Å². The monoisotopic (exact) mass is 387 g/mol. The maximum absolute atomic E-state index is 12.5. The van der Waals surface area contributed by atoms with Gasteiger partial charge < -0.3 is 19.1 Å². The Balaban J connectivity index is 2.74. The standard InChI is InChI=1S/C22H29NO5/c1-22(2,3)17(16-9-7-6-8-10-16)15-18(23-11-13-28-14-12-23)19(20(24)26-4)21(25)27-5/h6-10,15H,11-14H2,1-5H3/b17-15-. The number of carbonyl (C=O) groups is 2. The van der Waals surface area contributed by atoms with Crippen LogP contribution < -0.4 is 0 Å². The van der Waals surface area contributed by atoms with E-state index < -0.39 is 11.9 Å². The lowest BCUT2D eigenvalue weighted by Gasteiger charge is -2.32. The summed E-state index contributed by atoms with van der Waals surface area (Å²) >= 11 is 0. The van der Waals surface area contributed by atoms with Crippen LogP contribution in [0.3, 0.4) is 0 Å². The number of hydrogen-bond donors (Lipinski definition) is 0. The summed E-state index contributed by atoms with van der Waals surface area (Å²) in [5.41, 5.74) is 2.19. The van der Waals surface area contributed by atoms with Crippen molar-refractivity contribution in [2.75, 3.05) is 40.5 Å². The summed E-state index contributed by atoms with van der Waals surface area (Å²) < 4.78 is 15.2. The van der Waals surface area contributed by atoms with Crippen LogP contribution in [0, 0.1) is 5.41 Å². The van der Waals surface area contributed by atoms with Gasteiger partial charge >= 0.3 is 11.9 Å². The fourth-order valence-electron chi connectivity index (χ4n) is 3.11. The van der Waals surface area contributed by atoms with Gasteiger partial charge in [-0.15, -0.1) is 0 Å². The Kier molecular flexibility index (Phi) is 7.40. The number of rotatable bonds is 5. The van der Waals surface area contributed by atoms with E-state index in [1.165, 1.54) is 14.2 Å². The Morgan fingerprint density at radius 1 is 1.00 bits per heavy atom. The molecular weight excluding hydrogens is 358 g/mol. The number of methoxy groups -OCH3 is 2. The molecule has 0 aromatic heterocycles. The summed E-state index contributed by atoms with van der Waals surface area (Å²) in [5, 5.41) is 0. The number of esters is 2. The fraction of sp³-hybridized carbons (Fsp3) is 0.455. The Morgan fingerprint density at radius 2 is 1.54 bits per heavy atom. The molecule has 1 aliphatic heterocycles. The molecule has 0 bridgehead atoms. The summed E-state index contributed by atoms with van der Waals surface area (Å²) in [7, 11) is 2.52. The predicted molar refractivity (Wildman–Crippen MR) is 107 cm³/mol. The number of allylic oxidation sites excluding steroid dienone is 2.